The molecule has 5 nitrogen and oxygen atoms in total. The van der Waals surface area contributed by atoms with Gasteiger partial charge in [0, 0.05) is 18.9 Å². The second kappa shape index (κ2) is 4.52. The molecule has 0 aliphatic heterocycles. The first-order chi connectivity index (χ1) is 8.04. The third kappa shape index (κ3) is 2.80. The van der Waals surface area contributed by atoms with Crippen LogP contribution in [0.25, 0.3) is 0 Å². The maximum absolute atomic E-state index is 13.1. The van der Waals surface area contributed by atoms with Crippen molar-refractivity contribution in [2.75, 3.05) is 0 Å². The molecule has 7 heteroatoms. The van der Waals surface area contributed by atoms with E-state index in [-0.39, 0.29) is 17.9 Å². The number of halogens is 2. The summed E-state index contributed by atoms with van der Waals surface area (Å²) in [6.45, 7) is 0. The number of amides is 1. The molecule has 1 amide bonds. The summed E-state index contributed by atoms with van der Waals surface area (Å²) in [6.07, 6.45) is -0.441. The van der Waals surface area contributed by atoms with Gasteiger partial charge in [0.2, 0.25) is 5.95 Å². The van der Waals surface area contributed by atoms with Crippen LogP contribution in [0.3, 0.4) is 0 Å². The Balaban J connectivity index is 1.85. The highest BCUT2D eigenvalue weighted by Crippen LogP contribution is 2.27. The van der Waals surface area contributed by atoms with E-state index < -0.39 is 18.0 Å². The Morgan fingerprint density at radius 2 is 2.18 bits per heavy atom. The van der Waals surface area contributed by atoms with E-state index in [9.17, 15) is 13.6 Å². The molecule has 2 N–H and O–H groups in total. The van der Waals surface area contributed by atoms with Crippen LogP contribution in [0, 0.1) is 11.9 Å². The molecule has 0 spiro atoms. The molecular weight excluding hydrogens is 234 g/mol. The van der Waals surface area contributed by atoms with E-state index in [2.05, 4.69) is 10.3 Å². The van der Waals surface area contributed by atoms with Gasteiger partial charge in [0.25, 0.3) is 5.95 Å². The molecule has 0 radical (unpaired) electrons. The molecule has 1 aliphatic carbocycles. The van der Waals surface area contributed by atoms with Gasteiger partial charge in [-0.15, -0.1) is 0 Å². The van der Waals surface area contributed by atoms with Gasteiger partial charge in [0.05, 0.1) is 0 Å². The van der Waals surface area contributed by atoms with Crippen LogP contribution in [-0.2, 0) is 0 Å². The number of carboxylic acid groups (broad SMARTS) is 1. The van der Waals surface area contributed by atoms with Crippen LogP contribution >= 0.6 is 0 Å². The highest BCUT2D eigenvalue weighted by Gasteiger charge is 2.32. The number of hydrogen-bond donors (Lipinski definition) is 2. The first kappa shape index (κ1) is 11.6. The molecule has 0 bridgehead atoms. The van der Waals surface area contributed by atoms with E-state index in [1.807, 2.05) is 0 Å². The van der Waals surface area contributed by atoms with Crippen molar-refractivity contribution in [2.45, 2.75) is 25.0 Å². The standard InChI is InChI=1S/C10H10F2N2O3/c11-8-2-1-7(9(12)14-8)17-6-3-5(4-6)13-10(15)16/h1-2,5-6,13H,3-4H2,(H,15,16). The molecule has 0 atom stereocenters. The van der Waals surface area contributed by atoms with Gasteiger partial charge in [-0.2, -0.15) is 13.8 Å². The van der Waals surface area contributed by atoms with Gasteiger partial charge in [-0.3, -0.25) is 0 Å². The van der Waals surface area contributed by atoms with Gasteiger partial charge in [-0.25, -0.2) is 4.79 Å². The Bertz CT molecular complexity index is 436. The lowest BCUT2D eigenvalue weighted by Gasteiger charge is -2.34. The number of carbonyl (C=O) groups is 1. The molecule has 1 aliphatic rings. The Morgan fingerprint density at radius 1 is 1.47 bits per heavy atom. The van der Waals surface area contributed by atoms with Crippen molar-refractivity contribution in [3.8, 4) is 5.75 Å². The number of aromatic nitrogens is 1. The zero-order valence-corrected chi connectivity index (χ0v) is 8.69. The molecule has 1 aromatic heterocycles. The van der Waals surface area contributed by atoms with Crippen molar-refractivity contribution in [3.05, 3.63) is 24.0 Å². The van der Waals surface area contributed by atoms with Crippen LogP contribution in [0.1, 0.15) is 12.8 Å². The molecular formula is C10H10F2N2O3. The van der Waals surface area contributed by atoms with Gasteiger partial charge < -0.3 is 15.2 Å². The SMILES string of the molecule is O=C(O)NC1CC(Oc2ccc(F)nc2F)C1. The average Bonchev–Trinajstić information content (AvgIpc) is 2.17. The number of pyridine rings is 1. The fourth-order valence-corrected chi connectivity index (χ4v) is 1.62. The summed E-state index contributed by atoms with van der Waals surface area (Å²) in [4.78, 5) is 13.3. The number of ether oxygens (including phenoxy) is 1. The zero-order valence-electron chi connectivity index (χ0n) is 8.69. The van der Waals surface area contributed by atoms with Gasteiger partial charge in [-0.05, 0) is 12.1 Å². The molecule has 0 saturated heterocycles. The zero-order chi connectivity index (χ0) is 12.4. The fraction of sp³-hybridized carbons (Fsp3) is 0.400. The van der Waals surface area contributed by atoms with E-state index in [1.54, 1.807) is 0 Å². The summed E-state index contributed by atoms with van der Waals surface area (Å²) in [7, 11) is 0. The maximum Gasteiger partial charge on any atom is 0.404 e. The normalized spacial score (nSPS) is 22.7. The molecule has 1 aromatic rings. The maximum atomic E-state index is 13.1. The van der Waals surface area contributed by atoms with E-state index >= 15 is 0 Å². The Kier molecular flexibility index (Phi) is 3.08. The highest BCUT2D eigenvalue weighted by molar-refractivity contribution is 5.65. The minimum Gasteiger partial charge on any atom is -0.485 e. The lowest BCUT2D eigenvalue weighted by atomic mass is 9.89. The predicted molar refractivity (Wildman–Crippen MR) is 52.8 cm³/mol. The number of nitrogens with one attached hydrogen (secondary N) is 1. The first-order valence-electron chi connectivity index (χ1n) is 5.03. The minimum atomic E-state index is -1.09. The summed E-state index contributed by atoms with van der Waals surface area (Å²) < 4.78 is 30.8. The van der Waals surface area contributed by atoms with Crippen LogP contribution in [0.4, 0.5) is 13.6 Å². The van der Waals surface area contributed by atoms with E-state index in [1.165, 1.54) is 0 Å². The number of rotatable bonds is 3. The van der Waals surface area contributed by atoms with Gasteiger partial charge in [-0.1, -0.05) is 0 Å². The van der Waals surface area contributed by atoms with Crippen molar-refractivity contribution in [1.82, 2.24) is 10.3 Å². The van der Waals surface area contributed by atoms with Crippen LogP contribution in [0.15, 0.2) is 12.1 Å². The van der Waals surface area contributed by atoms with Crippen molar-refractivity contribution >= 4 is 6.09 Å². The van der Waals surface area contributed by atoms with Crippen molar-refractivity contribution in [3.63, 3.8) is 0 Å². The molecule has 0 aromatic carbocycles. The van der Waals surface area contributed by atoms with Crippen LogP contribution in [-0.4, -0.2) is 28.3 Å². The van der Waals surface area contributed by atoms with Gasteiger partial charge >= 0.3 is 6.09 Å². The summed E-state index contributed by atoms with van der Waals surface area (Å²) in [6, 6.07) is 1.99. The quantitative estimate of drug-likeness (QED) is 0.791. The predicted octanol–water partition coefficient (Wildman–Crippen LogP) is 1.54. The average molecular weight is 244 g/mol. The summed E-state index contributed by atoms with van der Waals surface area (Å²) in [5.41, 5.74) is 0. The van der Waals surface area contributed by atoms with Gasteiger partial charge in [0.15, 0.2) is 5.75 Å². The summed E-state index contributed by atoms with van der Waals surface area (Å²) >= 11 is 0. The monoisotopic (exact) mass is 244 g/mol. The van der Waals surface area contributed by atoms with Crippen LogP contribution < -0.4 is 10.1 Å². The van der Waals surface area contributed by atoms with Crippen LogP contribution in [0.5, 0.6) is 5.75 Å². The largest absolute Gasteiger partial charge is 0.485 e. The molecule has 1 fully saturated rings. The molecule has 2 rings (SSSR count). The lowest BCUT2D eigenvalue weighted by Crippen LogP contribution is -2.48. The second-order valence-electron chi connectivity index (χ2n) is 3.78. The molecule has 0 unspecified atom stereocenters. The summed E-state index contributed by atoms with van der Waals surface area (Å²) in [5.74, 6) is -2.03. The highest BCUT2D eigenvalue weighted by atomic mass is 19.1. The van der Waals surface area contributed by atoms with Crippen molar-refractivity contribution in [1.29, 1.82) is 0 Å². The van der Waals surface area contributed by atoms with E-state index in [4.69, 9.17) is 9.84 Å². The summed E-state index contributed by atoms with van der Waals surface area (Å²) in [5, 5.41) is 10.7. The van der Waals surface area contributed by atoms with Crippen molar-refractivity contribution < 1.29 is 23.4 Å². The smallest absolute Gasteiger partial charge is 0.404 e. The molecule has 17 heavy (non-hydrogen) atoms. The Hall–Kier alpha value is -1.92. The molecule has 1 heterocycles. The fourth-order valence-electron chi connectivity index (χ4n) is 1.62. The lowest BCUT2D eigenvalue weighted by molar-refractivity contribution is 0.0785. The minimum absolute atomic E-state index is 0.120. The van der Waals surface area contributed by atoms with E-state index in [0.29, 0.717) is 12.8 Å². The van der Waals surface area contributed by atoms with Gasteiger partial charge in [0.1, 0.15) is 6.10 Å². The Labute approximate surface area is 95.4 Å². The third-order valence-electron chi connectivity index (χ3n) is 2.50. The number of nitrogens with zero attached hydrogens (tertiary/aromatic N) is 1. The van der Waals surface area contributed by atoms with Crippen LogP contribution in [0.2, 0.25) is 0 Å². The third-order valence-corrected chi connectivity index (χ3v) is 2.50. The Morgan fingerprint density at radius 3 is 2.76 bits per heavy atom. The van der Waals surface area contributed by atoms with Crippen molar-refractivity contribution in [2.24, 2.45) is 0 Å². The second-order valence-corrected chi connectivity index (χ2v) is 3.78. The first-order valence-corrected chi connectivity index (χ1v) is 5.03. The molecule has 92 valence electrons. The van der Waals surface area contributed by atoms with E-state index in [0.717, 1.165) is 12.1 Å². The topological polar surface area (TPSA) is 71.5 Å². The number of hydrogen-bond acceptors (Lipinski definition) is 3. The molecule has 1 saturated carbocycles.